The molecule has 1 nitrogen and oxygen atoms in total. The van der Waals surface area contributed by atoms with Gasteiger partial charge in [-0.1, -0.05) is 6.07 Å². The Hall–Kier alpha value is -1.10. The van der Waals surface area contributed by atoms with E-state index in [9.17, 15) is 17.6 Å². The first kappa shape index (κ1) is 11.0. The van der Waals surface area contributed by atoms with Gasteiger partial charge in [0.25, 0.3) is 6.43 Å². The van der Waals surface area contributed by atoms with Crippen LogP contribution in [0.4, 0.5) is 17.6 Å². The predicted octanol–water partition coefficient (Wildman–Crippen LogP) is 2.62. The van der Waals surface area contributed by atoms with Crippen molar-refractivity contribution in [1.82, 2.24) is 5.32 Å². The van der Waals surface area contributed by atoms with E-state index in [1.54, 1.807) is 7.05 Å². The van der Waals surface area contributed by atoms with Crippen LogP contribution in [0, 0.1) is 11.6 Å². The molecule has 0 unspecified atom stereocenters. The van der Waals surface area contributed by atoms with Gasteiger partial charge in [0.15, 0.2) is 11.6 Å². The highest BCUT2D eigenvalue weighted by molar-refractivity contribution is 5.27. The Morgan fingerprint density at radius 1 is 1.21 bits per heavy atom. The molecule has 1 rings (SSSR count). The fourth-order valence-electron chi connectivity index (χ4n) is 1.10. The van der Waals surface area contributed by atoms with Crippen LogP contribution in [0.5, 0.6) is 0 Å². The maximum atomic E-state index is 13.1. The molecule has 0 bridgehead atoms. The summed E-state index contributed by atoms with van der Waals surface area (Å²) in [6.45, 7) is 0.103. The fraction of sp³-hybridized carbons (Fsp3) is 0.333. The summed E-state index contributed by atoms with van der Waals surface area (Å²) in [7, 11) is 1.55. The van der Waals surface area contributed by atoms with Crippen LogP contribution in [-0.2, 0) is 6.54 Å². The number of hydrogen-bond acceptors (Lipinski definition) is 1. The molecule has 78 valence electrons. The quantitative estimate of drug-likeness (QED) is 0.751. The van der Waals surface area contributed by atoms with E-state index in [1.807, 2.05) is 0 Å². The topological polar surface area (TPSA) is 12.0 Å². The van der Waals surface area contributed by atoms with E-state index in [0.29, 0.717) is 0 Å². The van der Waals surface area contributed by atoms with Gasteiger partial charge in [-0.25, -0.2) is 17.6 Å². The second-order valence-electron chi connectivity index (χ2n) is 2.77. The van der Waals surface area contributed by atoms with Crippen molar-refractivity contribution in [1.29, 1.82) is 0 Å². The number of benzene rings is 1. The van der Waals surface area contributed by atoms with Crippen LogP contribution in [-0.4, -0.2) is 7.05 Å². The lowest BCUT2D eigenvalue weighted by Gasteiger charge is -2.07. The molecule has 0 heterocycles. The molecule has 5 heteroatoms. The molecule has 1 aromatic carbocycles. The fourth-order valence-corrected chi connectivity index (χ4v) is 1.10. The molecule has 0 amide bonds. The van der Waals surface area contributed by atoms with E-state index in [1.165, 1.54) is 0 Å². The van der Waals surface area contributed by atoms with Crippen LogP contribution in [0.1, 0.15) is 17.6 Å². The molecule has 1 aromatic rings. The normalized spacial score (nSPS) is 11.0. The van der Waals surface area contributed by atoms with Gasteiger partial charge in [-0.2, -0.15) is 0 Å². The van der Waals surface area contributed by atoms with Gasteiger partial charge in [-0.05, 0) is 13.1 Å². The second kappa shape index (κ2) is 4.41. The van der Waals surface area contributed by atoms with Gasteiger partial charge in [0.05, 0.1) is 5.56 Å². The highest BCUT2D eigenvalue weighted by Gasteiger charge is 2.18. The zero-order valence-electron chi connectivity index (χ0n) is 7.45. The van der Waals surface area contributed by atoms with E-state index in [2.05, 4.69) is 5.32 Å². The Morgan fingerprint density at radius 2 is 1.86 bits per heavy atom. The van der Waals surface area contributed by atoms with Crippen molar-refractivity contribution in [2.45, 2.75) is 13.0 Å². The van der Waals surface area contributed by atoms with Gasteiger partial charge in [0, 0.05) is 12.1 Å². The summed E-state index contributed by atoms with van der Waals surface area (Å²) >= 11 is 0. The van der Waals surface area contributed by atoms with Crippen LogP contribution in [0.3, 0.4) is 0 Å². The highest BCUT2D eigenvalue weighted by Crippen LogP contribution is 2.25. The standard InChI is InChI=1S/C9H9F4N/c1-14-4-5-2-3-6(9(12)13)8(11)7(5)10/h2-3,9,14H,4H2,1H3. The minimum atomic E-state index is -2.99. The van der Waals surface area contributed by atoms with Crippen LogP contribution in [0.15, 0.2) is 12.1 Å². The summed E-state index contributed by atoms with van der Waals surface area (Å²) in [5.41, 5.74) is -0.864. The van der Waals surface area contributed by atoms with Crippen LogP contribution in [0.2, 0.25) is 0 Å². The van der Waals surface area contributed by atoms with Crippen molar-refractivity contribution in [2.75, 3.05) is 7.05 Å². The Kier molecular flexibility index (Phi) is 3.46. The number of halogens is 4. The van der Waals surface area contributed by atoms with Gasteiger partial charge in [0.1, 0.15) is 0 Å². The summed E-state index contributed by atoms with van der Waals surface area (Å²) < 4.78 is 50.2. The zero-order valence-corrected chi connectivity index (χ0v) is 7.45. The van der Waals surface area contributed by atoms with Crippen LogP contribution >= 0.6 is 0 Å². The SMILES string of the molecule is CNCc1ccc(C(F)F)c(F)c1F. The highest BCUT2D eigenvalue weighted by atomic mass is 19.3. The third kappa shape index (κ3) is 2.04. The third-order valence-electron chi connectivity index (χ3n) is 1.79. The predicted molar refractivity (Wildman–Crippen MR) is 44.1 cm³/mol. The van der Waals surface area contributed by atoms with Gasteiger partial charge in [0.2, 0.25) is 0 Å². The first-order chi connectivity index (χ1) is 6.57. The molecule has 0 fully saturated rings. The minimum Gasteiger partial charge on any atom is -0.316 e. The summed E-state index contributed by atoms with van der Waals surface area (Å²) in [6.07, 6.45) is -2.99. The Bertz CT molecular complexity index is 325. The summed E-state index contributed by atoms with van der Waals surface area (Å²) in [5, 5.41) is 2.61. The van der Waals surface area contributed by atoms with E-state index in [0.717, 1.165) is 12.1 Å². The second-order valence-corrected chi connectivity index (χ2v) is 2.77. The summed E-state index contributed by atoms with van der Waals surface area (Å²) in [6, 6.07) is 2.05. The molecule has 0 aliphatic heterocycles. The lowest BCUT2D eigenvalue weighted by atomic mass is 10.1. The lowest BCUT2D eigenvalue weighted by molar-refractivity contribution is 0.145. The van der Waals surface area contributed by atoms with E-state index >= 15 is 0 Å². The van der Waals surface area contributed by atoms with Gasteiger partial charge in [-0.3, -0.25) is 0 Å². The zero-order chi connectivity index (χ0) is 10.7. The van der Waals surface area contributed by atoms with Crippen molar-refractivity contribution < 1.29 is 17.6 Å². The molecule has 1 N–H and O–H groups in total. The Labute approximate surface area is 78.7 Å². The average molecular weight is 207 g/mol. The summed E-state index contributed by atoms with van der Waals surface area (Å²) in [4.78, 5) is 0. The summed E-state index contributed by atoms with van der Waals surface area (Å²) in [5.74, 6) is -2.68. The molecule has 0 atom stereocenters. The lowest BCUT2D eigenvalue weighted by Crippen LogP contribution is -2.09. The molecule has 0 radical (unpaired) electrons. The van der Waals surface area contributed by atoms with Gasteiger partial charge in [-0.15, -0.1) is 0 Å². The van der Waals surface area contributed by atoms with Crippen LogP contribution in [0.25, 0.3) is 0 Å². The number of rotatable bonds is 3. The van der Waals surface area contributed by atoms with Crippen LogP contribution < -0.4 is 5.32 Å². The van der Waals surface area contributed by atoms with Crippen molar-refractivity contribution >= 4 is 0 Å². The molecular formula is C9H9F4N. The van der Waals surface area contributed by atoms with Crippen molar-refractivity contribution in [3.63, 3.8) is 0 Å². The van der Waals surface area contributed by atoms with Gasteiger partial charge < -0.3 is 5.32 Å². The molecule has 0 aliphatic carbocycles. The van der Waals surface area contributed by atoms with E-state index in [-0.39, 0.29) is 12.1 Å². The van der Waals surface area contributed by atoms with Gasteiger partial charge >= 0.3 is 0 Å². The number of hydrogen-bond donors (Lipinski definition) is 1. The number of nitrogens with one attached hydrogen (secondary N) is 1. The van der Waals surface area contributed by atoms with Crippen molar-refractivity contribution in [3.05, 3.63) is 34.9 Å². The first-order valence-corrected chi connectivity index (χ1v) is 3.97. The minimum absolute atomic E-state index is 0.0365. The monoisotopic (exact) mass is 207 g/mol. The molecule has 0 aliphatic rings. The molecule has 0 saturated carbocycles. The molecule has 0 aromatic heterocycles. The molecule has 0 saturated heterocycles. The maximum Gasteiger partial charge on any atom is 0.266 e. The molecule has 0 spiro atoms. The smallest absolute Gasteiger partial charge is 0.266 e. The maximum absolute atomic E-state index is 13.1. The average Bonchev–Trinajstić information content (AvgIpc) is 2.13. The van der Waals surface area contributed by atoms with E-state index < -0.39 is 23.6 Å². The molecule has 14 heavy (non-hydrogen) atoms. The van der Waals surface area contributed by atoms with Crippen molar-refractivity contribution in [3.8, 4) is 0 Å². The van der Waals surface area contributed by atoms with Crippen molar-refractivity contribution in [2.24, 2.45) is 0 Å². The third-order valence-corrected chi connectivity index (χ3v) is 1.79. The Morgan fingerprint density at radius 3 is 2.36 bits per heavy atom. The van der Waals surface area contributed by atoms with E-state index in [4.69, 9.17) is 0 Å². The molecular weight excluding hydrogens is 198 g/mol. The first-order valence-electron chi connectivity index (χ1n) is 3.97. The Balaban J connectivity index is 3.12. The number of alkyl halides is 2. The largest absolute Gasteiger partial charge is 0.316 e.